The van der Waals surface area contributed by atoms with E-state index in [4.69, 9.17) is 0 Å². The zero-order valence-electron chi connectivity index (χ0n) is 15.2. The van der Waals surface area contributed by atoms with Crippen molar-refractivity contribution < 1.29 is 13.3 Å². The number of benzene rings is 1. The van der Waals surface area contributed by atoms with Crippen molar-refractivity contribution in [2.45, 2.75) is 38.1 Å². The first kappa shape index (κ1) is 19.7. The molecule has 25 heavy (non-hydrogen) atoms. The van der Waals surface area contributed by atoms with Crippen LogP contribution in [0.5, 0.6) is 0 Å². The quantitative estimate of drug-likeness (QED) is 0.612. The van der Waals surface area contributed by atoms with Crippen molar-refractivity contribution in [3.05, 3.63) is 28.3 Å². The predicted octanol–water partition coefficient (Wildman–Crippen LogP) is 2.78. The molecule has 0 spiro atoms. The lowest BCUT2D eigenvalue weighted by Gasteiger charge is -2.36. The van der Waals surface area contributed by atoms with E-state index in [1.54, 1.807) is 6.07 Å². The Bertz CT molecular complexity index is 725. The molecule has 0 bridgehead atoms. The van der Waals surface area contributed by atoms with Gasteiger partial charge in [0.25, 0.3) is 0 Å². The maximum atomic E-state index is 11.8. The van der Waals surface area contributed by atoms with Crippen LogP contribution in [0.4, 0.5) is 11.4 Å². The van der Waals surface area contributed by atoms with Gasteiger partial charge >= 0.3 is 5.69 Å². The largest absolute Gasteiger partial charge is 0.376 e. The van der Waals surface area contributed by atoms with Crippen LogP contribution in [0.15, 0.2) is 23.1 Å². The van der Waals surface area contributed by atoms with Gasteiger partial charge in [0, 0.05) is 31.9 Å². The molecular weight excluding hydrogens is 342 g/mol. The molecule has 3 atom stereocenters. The first-order valence-corrected chi connectivity index (χ1v) is 10.4. The molecule has 0 radical (unpaired) electrons. The molecule has 1 aromatic rings. The summed E-state index contributed by atoms with van der Waals surface area (Å²) in [6.07, 6.45) is 2.21. The smallest absolute Gasteiger partial charge is 0.310 e. The minimum atomic E-state index is -3.67. The van der Waals surface area contributed by atoms with Gasteiger partial charge in [-0.2, -0.15) is 0 Å². The van der Waals surface area contributed by atoms with Gasteiger partial charge in [-0.3, -0.25) is 10.1 Å². The highest BCUT2D eigenvalue weighted by atomic mass is 32.2. The number of sulfone groups is 1. The number of piperidine rings is 1. The monoisotopic (exact) mass is 369 g/mol. The molecule has 140 valence electrons. The van der Waals surface area contributed by atoms with Gasteiger partial charge in [0.1, 0.15) is 10.6 Å². The molecule has 8 heteroatoms. The van der Waals surface area contributed by atoms with Crippen LogP contribution in [0, 0.1) is 22.0 Å². The third-order valence-electron chi connectivity index (χ3n) is 4.46. The van der Waals surface area contributed by atoms with Gasteiger partial charge in [0.15, 0.2) is 9.84 Å². The SMILES string of the molecule is CC1CC(C)CN(CC(C)Nc2cccc(S(C)(=O)=O)c2[N+](=O)[O-])C1. The molecule has 0 amide bonds. The second-order valence-corrected chi connectivity index (χ2v) is 9.38. The molecule has 0 aliphatic carbocycles. The summed E-state index contributed by atoms with van der Waals surface area (Å²) in [6, 6.07) is 4.33. The lowest BCUT2D eigenvalue weighted by Crippen LogP contribution is -2.43. The maximum absolute atomic E-state index is 11.8. The number of nitro groups is 1. The average Bonchev–Trinajstić information content (AvgIpc) is 2.44. The Balaban J connectivity index is 2.18. The first-order chi connectivity index (χ1) is 11.6. The number of nitrogens with one attached hydrogen (secondary N) is 1. The molecule has 1 aromatic carbocycles. The molecule has 1 heterocycles. The summed E-state index contributed by atoms with van der Waals surface area (Å²) in [5.74, 6) is 1.28. The molecule has 1 aliphatic heterocycles. The highest BCUT2D eigenvalue weighted by molar-refractivity contribution is 7.90. The molecule has 3 unspecified atom stereocenters. The van der Waals surface area contributed by atoms with Gasteiger partial charge < -0.3 is 10.2 Å². The fourth-order valence-electron chi connectivity index (χ4n) is 3.77. The molecule has 2 rings (SSSR count). The Morgan fingerprint density at radius 3 is 2.44 bits per heavy atom. The molecule has 0 saturated carbocycles. The van der Waals surface area contributed by atoms with E-state index in [0.717, 1.165) is 25.9 Å². The highest BCUT2D eigenvalue weighted by Gasteiger charge is 2.28. The van der Waals surface area contributed by atoms with Crippen molar-refractivity contribution in [2.75, 3.05) is 31.2 Å². The zero-order valence-corrected chi connectivity index (χ0v) is 16.0. The molecule has 1 aliphatic rings. The van der Waals surface area contributed by atoms with Gasteiger partial charge in [-0.25, -0.2) is 8.42 Å². The Morgan fingerprint density at radius 2 is 1.92 bits per heavy atom. The summed E-state index contributed by atoms with van der Waals surface area (Å²) in [5.41, 5.74) is -0.129. The summed E-state index contributed by atoms with van der Waals surface area (Å²) in [6.45, 7) is 9.22. The second kappa shape index (κ2) is 7.70. The number of para-hydroxylation sites is 1. The van der Waals surface area contributed by atoms with Crippen molar-refractivity contribution in [1.82, 2.24) is 4.90 Å². The van der Waals surface area contributed by atoms with E-state index in [9.17, 15) is 18.5 Å². The molecule has 1 N–H and O–H groups in total. The summed E-state index contributed by atoms with van der Waals surface area (Å²) >= 11 is 0. The van der Waals surface area contributed by atoms with E-state index in [-0.39, 0.29) is 22.3 Å². The highest BCUT2D eigenvalue weighted by Crippen LogP contribution is 2.32. The van der Waals surface area contributed by atoms with E-state index < -0.39 is 14.8 Å². The third-order valence-corrected chi connectivity index (χ3v) is 5.59. The minimum absolute atomic E-state index is 0.0361. The normalized spacial score (nSPS) is 23.2. The van der Waals surface area contributed by atoms with E-state index in [2.05, 4.69) is 24.1 Å². The number of hydrogen-bond donors (Lipinski definition) is 1. The van der Waals surface area contributed by atoms with Crippen LogP contribution in [0.2, 0.25) is 0 Å². The molecule has 7 nitrogen and oxygen atoms in total. The zero-order chi connectivity index (χ0) is 18.8. The van der Waals surface area contributed by atoms with Crippen LogP contribution in [0.1, 0.15) is 27.2 Å². The van der Waals surface area contributed by atoms with E-state index in [0.29, 0.717) is 11.8 Å². The van der Waals surface area contributed by atoms with E-state index in [1.165, 1.54) is 18.6 Å². The standard InChI is InChI=1S/C17H27N3O4S/c1-12-8-13(2)10-19(9-12)11-14(3)18-15-6-5-7-16(25(4,23)24)17(15)20(21)22/h5-7,12-14,18H,8-11H2,1-4H3. The lowest BCUT2D eigenvalue weighted by atomic mass is 9.92. The Hall–Kier alpha value is -1.67. The van der Waals surface area contributed by atoms with Crippen molar-refractivity contribution in [3.63, 3.8) is 0 Å². The maximum Gasteiger partial charge on any atom is 0.310 e. The van der Waals surface area contributed by atoms with Crippen LogP contribution in [0.25, 0.3) is 0 Å². The number of nitrogens with zero attached hydrogens (tertiary/aromatic N) is 2. The molecule has 1 fully saturated rings. The number of rotatable bonds is 6. The number of nitro benzene ring substituents is 1. The van der Waals surface area contributed by atoms with Crippen molar-refractivity contribution >= 4 is 21.2 Å². The van der Waals surface area contributed by atoms with Crippen molar-refractivity contribution in [2.24, 2.45) is 11.8 Å². The van der Waals surface area contributed by atoms with Crippen molar-refractivity contribution in [3.8, 4) is 0 Å². The van der Waals surface area contributed by atoms with Crippen LogP contribution in [-0.4, -0.2) is 50.2 Å². The molecule has 1 saturated heterocycles. The Labute approximate surface area is 149 Å². The summed E-state index contributed by atoms with van der Waals surface area (Å²) in [5, 5.41) is 14.6. The van der Waals surface area contributed by atoms with Crippen LogP contribution in [0.3, 0.4) is 0 Å². The summed E-state index contributed by atoms with van der Waals surface area (Å²) < 4.78 is 23.7. The minimum Gasteiger partial charge on any atom is -0.376 e. The fourth-order valence-corrected chi connectivity index (χ4v) is 4.63. The number of hydrogen-bond acceptors (Lipinski definition) is 6. The van der Waals surface area contributed by atoms with Gasteiger partial charge in [-0.05, 0) is 37.3 Å². The molecule has 0 aromatic heterocycles. The Morgan fingerprint density at radius 1 is 1.32 bits per heavy atom. The van der Waals surface area contributed by atoms with E-state index >= 15 is 0 Å². The van der Waals surface area contributed by atoms with Gasteiger partial charge in [-0.15, -0.1) is 0 Å². The average molecular weight is 369 g/mol. The summed E-state index contributed by atoms with van der Waals surface area (Å²) in [7, 11) is -3.67. The van der Waals surface area contributed by atoms with Gasteiger partial charge in [0.2, 0.25) is 0 Å². The van der Waals surface area contributed by atoms with E-state index in [1.807, 2.05) is 6.92 Å². The summed E-state index contributed by atoms with van der Waals surface area (Å²) in [4.78, 5) is 12.9. The van der Waals surface area contributed by atoms with Crippen LogP contribution in [-0.2, 0) is 9.84 Å². The van der Waals surface area contributed by atoms with Gasteiger partial charge in [-0.1, -0.05) is 19.9 Å². The number of anilines is 1. The lowest BCUT2D eigenvalue weighted by molar-refractivity contribution is -0.386. The van der Waals surface area contributed by atoms with Crippen LogP contribution >= 0.6 is 0 Å². The Kier molecular flexibility index (Phi) is 6.05. The predicted molar refractivity (Wildman–Crippen MR) is 98.7 cm³/mol. The second-order valence-electron chi connectivity index (χ2n) is 7.39. The fraction of sp³-hybridized carbons (Fsp3) is 0.647. The third kappa shape index (κ3) is 5.15. The van der Waals surface area contributed by atoms with Gasteiger partial charge in [0.05, 0.1) is 4.92 Å². The number of likely N-dealkylation sites (tertiary alicyclic amines) is 1. The topological polar surface area (TPSA) is 92.6 Å². The molecular formula is C17H27N3O4S. The van der Waals surface area contributed by atoms with Crippen molar-refractivity contribution in [1.29, 1.82) is 0 Å². The van der Waals surface area contributed by atoms with Crippen LogP contribution < -0.4 is 5.32 Å². The first-order valence-electron chi connectivity index (χ1n) is 8.54.